The molecule has 3 rings (SSSR count). The maximum atomic E-state index is 12.1. The standard InChI is InChI=1S/C18H17NO4/c20-12-14-7-8-17-16(11-14)19(18(21)13-23-17)9-4-10-22-15-5-2-1-3-6-15/h1-3,5-8,11-12H,4,9-10,13H2. The summed E-state index contributed by atoms with van der Waals surface area (Å²) in [6, 6.07) is 14.6. The lowest BCUT2D eigenvalue weighted by Crippen LogP contribution is -2.39. The molecule has 0 unspecified atom stereocenters. The number of hydrogen-bond donors (Lipinski definition) is 0. The van der Waals surface area contributed by atoms with Gasteiger partial charge in [0.2, 0.25) is 0 Å². The molecule has 23 heavy (non-hydrogen) atoms. The molecule has 2 aromatic rings. The number of amides is 1. The summed E-state index contributed by atoms with van der Waals surface area (Å²) in [6.07, 6.45) is 1.45. The van der Waals surface area contributed by atoms with Gasteiger partial charge < -0.3 is 14.4 Å². The van der Waals surface area contributed by atoms with Gasteiger partial charge in [-0.1, -0.05) is 18.2 Å². The van der Waals surface area contributed by atoms with Gasteiger partial charge in [-0.2, -0.15) is 0 Å². The molecule has 0 spiro atoms. The molecule has 0 atom stereocenters. The van der Waals surface area contributed by atoms with Crippen molar-refractivity contribution in [2.45, 2.75) is 6.42 Å². The van der Waals surface area contributed by atoms with Gasteiger partial charge >= 0.3 is 0 Å². The van der Waals surface area contributed by atoms with E-state index >= 15 is 0 Å². The minimum atomic E-state index is -0.111. The van der Waals surface area contributed by atoms with Crippen LogP contribution in [0.1, 0.15) is 16.8 Å². The zero-order chi connectivity index (χ0) is 16.1. The number of rotatable bonds is 6. The van der Waals surface area contributed by atoms with Gasteiger partial charge in [0.05, 0.1) is 12.3 Å². The van der Waals surface area contributed by atoms with E-state index in [2.05, 4.69) is 0 Å². The minimum Gasteiger partial charge on any atom is -0.494 e. The molecule has 0 saturated heterocycles. The number of ether oxygens (including phenoxy) is 2. The summed E-state index contributed by atoms with van der Waals surface area (Å²) >= 11 is 0. The van der Waals surface area contributed by atoms with Crippen molar-refractivity contribution in [3.63, 3.8) is 0 Å². The average molecular weight is 311 g/mol. The topological polar surface area (TPSA) is 55.8 Å². The zero-order valence-electron chi connectivity index (χ0n) is 12.6. The summed E-state index contributed by atoms with van der Waals surface area (Å²) in [6.45, 7) is 1.05. The number of hydrogen-bond acceptors (Lipinski definition) is 4. The Morgan fingerprint density at radius 3 is 2.78 bits per heavy atom. The Kier molecular flexibility index (Phi) is 4.57. The third kappa shape index (κ3) is 3.51. The molecule has 0 saturated carbocycles. The molecule has 5 heteroatoms. The maximum Gasteiger partial charge on any atom is 0.265 e. The van der Waals surface area contributed by atoms with Crippen LogP contribution in [-0.2, 0) is 4.79 Å². The molecule has 0 aromatic heterocycles. The van der Waals surface area contributed by atoms with E-state index in [4.69, 9.17) is 9.47 Å². The van der Waals surface area contributed by atoms with E-state index in [9.17, 15) is 9.59 Å². The number of para-hydroxylation sites is 1. The van der Waals surface area contributed by atoms with E-state index in [1.54, 1.807) is 23.1 Å². The molecule has 0 bridgehead atoms. The van der Waals surface area contributed by atoms with Crippen LogP contribution in [0.3, 0.4) is 0 Å². The second-order valence-electron chi connectivity index (χ2n) is 5.19. The van der Waals surface area contributed by atoms with Gasteiger partial charge in [0.1, 0.15) is 17.8 Å². The maximum absolute atomic E-state index is 12.1. The quantitative estimate of drug-likeness (QED) is 0.608. The molecule has 1 aliphatic rings. The number of benzene rings is 2. The lowest BCUT2D eigenvalue weighted by Gasteiger charge is -2.29. The molecule has 0 fully saturated rings. The van der Waals surface area contributed by atoms with E-state index in [0.29, 0.717) is 36.6 Å². The van der Waals surface area contributed by atoms with Gasteiger partial charge in [0.25, 0.3) is 5.91 Å². The van der Waals surface area contributed by atoms with Crippen LogP contribution in [0, 0.1) is 0 Å². The normalized spacial score (nSPS) is 13.2. The number of anilines is 1. The van der Waals surface area contributed by atoms with E-state index < -0.39 is 0 Å². The summed E-state index contributed by atoms with van der Waals surface area (Å²) in [5.41, 5.74) is 1.16. The van der Waals surface area contributed by atoms with Gasteiger partial charge in [-0.3, -0.25) is 9.59 Å². The zero-order valence-corrected chi connectivity index (χ0v) is 12.6. The van der Waals surface area contributed by atoms with Crippen molar-refractivity contribution < 1.29 is 19.1 Å². The summed E-state index contributed by atoms with van der Waals surface area (Å²) in [5.74, 6) is 1.32. The highest BCUT2D eigenvalue weighted by atomic mass is 16.5. The van der Waals surface area contributed by atoms with Gasteiger partial charge in [0.15, 0.2) is 6.61 Å². The van der Waals surface area contributed by atoms with Gasteiger partial charge in [-0.15, -0.1) is 0 Å². The van der Waals surface area contributed by atoms with Gasteiger partial charge in [-0.25, -0.2) is 0 Å². The van der Waals surface area contributed by atoms with Crippen molar-refractivity contribution in [2.75, 3.05) is 24.7 Å². The molecule has 0 radical (unpaired) electrons. The van der Waals surface area contributed by atoms with Crippen LogP contribution in [0.5, 0.6) is 11.5 Å². The highest BCUT2D eigenvalue weighted by Gasteiger charge is 2.25. The Balaban J connectivity index is 1.63. The molecule has 1 amide bonds. The van der Waals surface area contributed by atoms with Crippen molar-refractivity contribution in [1.29, 1.82) is 0 Å². The van der Waals surface area contributed by atoms with Crippen LogP contribution in [0.15, 0.2) is 48.5 Å². The second-order valence-corrected chi connectivity index (χ2v) is 5.19. The highest BCUT2D eigenvalue weighted by molar-refractivity contribution is 5.98. The molecule has 0 N–H and O–H groups in total. The number of carbonyl (C=O) groups excluding carboxylic acids is 2. The summed E-state index contributed by atoms with van der Waals surface area (Å²) in [7, 11) is 0. The van der Waals surface area contributed by atoms with E-state index in [1.807, 2.05) is 30.3 Å². The van der Waals surface area contributed by atoms with E-state index in [1.165, 1.54) is 0 Å². The van der Waals surface area contributed by atoms with Crippen molar-refractivity contribution in [3.05, 3.63) is 54.1 Å². The number of fused-ring (bicyclic) bond motifs is 1. The van der Waals surface area contributed by atoms with Gasteiger partial charge in [-0.05, 0) is 36.8 Å². The molecule has 1 heterocycles. The molecular formula is C18H17NO4. The SMILES string of the molecule is O=Cc1ccc2c(c1)N(CCCOc1ccccc1)C(=O)CO2. The van der Waals surface area contributed by atoms with Crippen LogP contribution in [0.2, 0.25) is 0 Å². The fourth-order valence-corrected chi connectivity index (χ4v) is 2.47. The Morgan fingerprint density at radius 1 is 1.17 bits per heavy atom. The first kappa shape index (κ1) is 15.1. The van der Waals surface area contributed by atoms with E-state index in [-0.39, 0.29) is 12.5 Å². The Bertz CT molecular complexity index is 699. The first-order valence-electron chi connectivity index (χ1n) is 7.48. The van der Waals surface area contributed by atoms with Crippen LogP contribution in [0.4, 0.5) is 5.69 Å². The number of carbonyl (C=O) groups is 2. The Labute approximate surface area is 134 Å². The summed E-state index contributed by atoms with van der Waals surface area (Å²) in [4.78, 5) is 24.7. The fraction of sp³-hybridized carbons (Fsp3) is 0.222. The third-order valence-corrected chi connectivity index (χ3v) is 3.60. The van der Waals surface area contributed by atoms with Crippen LogP contribution >= 0.6 is 0 Å². The molecule has 2 aromatic carbocycles. The van der Waals surface area contributed by atoms with Gasteiger partial charge in [0, 0.05) is 12.1 Å². The molecule has 5 nitrogen and oxygen atoms in total. The van der Waals surface area contributed by atoms with Crippen LogP contribution in [0.25, 0.3) is 0 Å². The fourth-order valence-electron chi connectivity index (χ4n) is 2.47. The van der Waals surface area contributed by atoms with Crippen molar-refractivity contribution in [3.8, 4) is 11.5 Å². The monoisotopic (exact) mass is 311 g/mol. The lowest BCUT2D eigenvalue weighted by atomic mass is 10.1. The Morgan fingerprint density at radius 2 is 2.00 bits per heavy atom. The first-order valence-corrected chi connectivity index (χ1v) is 7.48. The smallest absolute Gasteiger partial charge is 0.265 e. The predicted octanol–water partition coefficient (Wildman–Crippen LogP) is 2.69. The molecule has 1 aliphatic heterocycles. The Hall–Kier alpha value is -2.82. The van der Waals surface area contributed by atoms with E-state index in [0.717, 1.165) is 12.0 Å². The van der Waals surface area contributed by atoms with Crippen molar-refractivity contribution in [2.24, 2.45) is 0 Å². The largest absolute Gasteiger partial charge is 0.494 e. The molecule has 0 aliphatic carbocycles. The van der Waals surface area contributed by atoms with Crippen LogP contribution < -0.4 is 14.4 Å². The number of nitrogens with zero attached hydrogens (tertiary/aromatic N) is 1. The predicted molar refractivity (Wildman–Crippen MR) is 86.2 cm³/mol. The van der Waals surface area contributed by atoms with Crippen LogP contribution in [-0.4, -0.2) is 32.0 Å². The first-order chi connectivity index (χ1) is 11.3. The highest BCUT2D eigenvalue weighted by Crippen LogP contribution is 2.32. The summed E-state index contributed by atoms with van der Waals surface area (Å²) in [5, 5.41) is 0. The second kappa shape index (κ2) is 6.96. The molecule has 118 valence electrons. The summed E-state index contributed by atoms with van der Waals surface area (Å²) < 4.78 is 11.0. The average Bonchev–Trinajstić information content (AvgIpc) is 2.60. The third-order valence-electron chi connectivity index (χ3n) is 3.60. The van der Waals surface area contributed by atoms with Crippen molar-refractivity contribution >= 4 is 17.9 Å². The minimum absolute atomic E-state index is 0.0208. The lowest BCUT2D eigenvalue weighted by molar-refractivity contribution is -0.121. The number of aldehydes is 1. The van der Waals surface area contributed by atoms with Crippen molar-refractivity contribution in [1.82, 2.24) is 0 Å². The molecular weight excluding hydrogens is 294 g/mol.